The van der Waals surface area contributed by atoms with Crippen LogP contribution in [0.25, 0.3) is 0 Å². The second kappa shape index (κ2) is 6.05. The van der Waals surface area contributed by atoms with Gasteiger partial charge >= 0.3 is 0 Å². The zero-order valence-electron chi connectivity index (χ0n) is 11.3. The first-order valence-electron chi connectivity index (χ1n) is 6.13. The van der Waals surface area contributed by atoms with E-state index in [4.69, 9.17) is 0 Å². The third-order valence-electron chi connectivity index (χ3n) is 2.96. The van der Waals surface area contributed by atoms with Crippen molar-refractivity contribution in [3.8, 4) is 0 Å². The minimum Gasteiger partial charge on any atom is -0.207 e. The van der Waals surface area contributed by atoms with Crippen LogP contribution in [0.4, 0.5) is 17.6 Å². The fourth-order valence-electron chi connectivity index (χ4n) is 1.86. The van der Waals surface area contributed by atoms with E-state index in [0.29, 0.717) is 18.2 Å². The van der Waals surface area contributed by atoms with Crippen LogP contribution in [-0.2, 0) is 10.0 Å². The number of sulfonamides is 1. The smallest absolute Gasteiger partial charge is 0.207 e. The summed E-state index contributed by atoms with van der Waals surface area (Å²) < 4.78 is 78.6. The van der Waals surface area contributed by atoms with Gasteiger partial charge in [0.2, 0.25) is 10.0 Å². The Hall–Kier alpha value is -1.93. The van der Waals surface area contributed by atoms with Gasteiger partial charge in [-0.15, -0.1) is 0 Å². The summed E-state index contributed by atoms with van der Waals surface area (Å²) in [6.07, 6.45) is 0. The summed E-state index contributed by atoms with van der Waals surface area (Å²) in [6.45, 7) is 1.34. The Bertz CT molecular complexity index is 808. The maximum atomic E-state index is 13.6. The highest BCUT2D eigenvalue weighted by molar-refractivity contribution is 7.89. The molecule has 0 aliphatic heterocycles. The molecule has 0 aliphatic carbocycles. The van der Waals surface area contributed by atoms with Crippen molar-refractivity contribution in [1.29, 1.82) is 0 Å². The fourth-order valence-corrected chi connectivity index (χ4v) is 3.10. The van der Waals surface area contributed by atoms with Gasteiger partial charge in [0.15, 0.2) is 11.6 Å². The monoisotopic (exact) mass is 333 g/mol. The van der Waals surface area contributed by atoms with E-state index in [1.165, 1.54) is 6.92 Å². The third kappa shape index (κ3) is 3.45. The fraction of sp³-hybridized carbons (Fsp3) is 0.143. The Labute approximate surface area is 124 Å². The molecule has 0 radical (unpaired) electrons. The Morgan fingerprint density at radius 3 is 2.18 bits per heavy atom. The van der Waals surface area contributed by atoms with E-state index in [2.05, 4.69) is 4.72 Å². The SMILES string of the molecule is C[C@H](NS(=O)(=O)c1ccc(F)c(F)c1)c1ccc(F)cc1F. The van der Waals surface area contributed by atoms with Crippen LogP contribution in [0.15, 0.2) is 41.3 Å². The molecule has 1 atom stereocenters. The van der Waals surface area contributed by atoms with E-state index >= 15 is 0 Å². The quantitative estimate of drug-likeness (QED) is 0.873. The number of benzene rings is 2. The number of hydrogen-bond acceptors (Lipinski definition) is 2. The predicted molar refractivity (Wildman–Crippen MR) is 71.5 cm³/mol. The summed E-state index contributed by atoms with van der Waals surface area (Å²) in [5, 5.41) is 0. The van der Waals surface area contributed by atoms with E-state index in [9.17, 15) is 26.0 Å². The molecule has 0 aliphatic rings. The summed E-state index contributed by atoms with van der Waals surface area (Å²) >= 11 is 0. The highest BCUT2D eigenvalue weighted by Gasteiger charge is 2.21. The van der Waals surface area contributed by atoms with Gasteiger partial charge in [0.05, 0.1) is 4.90 Å². The summed E-state index contributed by atoms with van der Waals surface area (Å²) in [5.74, 6) is -4.21. The summed E-state index contributed by atoms with van der Waals surface area (Å²) in [6, 6.07) is 3.76. The average molecular weight is 333 g/mol. The minimum atomic E-state index is -4.19. The Kier molecular flexibility index (Phi) is 4.52. The highest BCUT2D eigenvalue weighted by Crippen LogP contribution is 2.21. The maximum absolute atomic E-state index is 13.6. The molecule has 2 aromatic carbocycles. The lowest BCUT2D eigenvalue weighted by Gasteiger charge is -2.15. The van der Waals surface area contributed by atoms with Gasteiger partial charge < -0.3 is 0 Å². The van der Waals surface area contributed by atoms with E-state index in [-0.39, 0.29) is 5.56 Å². The lowest BCUT2D eigenvalue weighted by atomic mass is 10.1. The van der Waals surface area contributed by atoms with E-state index < -0.39 is 44.2 Å². The molecule has 3 nitrogen and oxygen atoms in total. The van der Waals surface area contributed by atoms with Crippen molar-refractivity contribution in [3.63, 3.8) is 0 Å². The van der Waals surface area contributed by atoms with E-state index in [1.807, 2.05) is 0 Å². The molecule has 0 amide bonds. The van der Waals surface area contributed by atoms with Crippen molar-refractivity contribution >= 4 is 10.0 Å². The summed E-state index contributed by atoms with van der Waals surface area (Å²) in [5.41, 5.74) is -0.0763. The summed E-state index contributed by atoms with van der Waals surface area (Å²) in [7, 11) is -4.19. The Morgan fingerprint density at radius 1 is 0.909 bits per heavy atom. The van der Waals surface area contributed by atoms with Crippen molar-refractivity contribution in [3.05, 3.63) is 65.2 Å². The van der Waals surface area contributed by atoms with Gasteiger partial charge in [0.1, 0.15) is 11.6 Å². The standard InChI is InChI=1S/C14H11F4NO2S/c1-8(11-4-2-9(15)6-13(11)17)19-22(20,21)10-3-5-12(16)14(18)7-10/h2-8,19H,1H3/t8-/m0/s1. The van der Waals surface area contributed by atoms with Crippen molar-refractivity contribution in [2.45, 2.75) is 17.9 Å². The Balaban J connectivity index is 2.29. The van der Waals surface area contributed by atoms with E-state index in [0.717, 1.165) is 18.2 Å². The molecule has 0 spiro atoms. The lowest BCUT2D eigenvalue weighted by Crippen LogP contribution is -2.27. The van der Waals surface area contributed by atoms with Crippen LogP contribution in [0.3, 0.4) is 0 Å². The summed E-state index contributed by atoms with van der Waals surface area (Å²) in [4.78, 5) is -0.499. The first kappa shape index (κ1) is 16.4. The first-order chi connectivity index (χ1) is 10.2. The van der Waals surface area contributed by atoms with Crippen LogP contribution >= 0.6 is 0 Å². The number of halogens is 4. The molecule has 0 saturated heterocycles. The van der Waals surface area contributed by atoms with Crippen LogP contribution in [0.1, 0.15) is 18.5 Å². The van der Waals surface area contributed by atoms with Crippen molar-refractivity contribution in [2.24, 2.45) is 0 Å². The Morgan fingerprint density at radius 2 is 1.59 bits per heavy atom. The van der Waals surface area contributed by atoms with Gasteiger partial charge in [-0.2, -0.15) is 0 Å². The van der Waals surface area contributed by atoms with Crippen LogP contribution in [-0.4, -0.2) is 8.42 Å². The first-order valence-corrected chi connectivity index (χ1v) is 7.61. The molecule has 2 aromatic rings. The average Bonchev–Trinajstić information content (AvgIpc) is 2.40. The zero-order chi connectivity index (χ0) is 16.5. The third-order valence-corrected chi connectivity index (χ3v) is 4.50. The molecule has 0 bridgehead atoms. The molecule has 1 N–H and O–H groups in total. The second-order valence-corrected chi connectivity index (χ2v) is 6.30. The molecule has 2 rings (SSSR count). The molecule has 22 heavy (non-hydrogen) atoms. The van der Waals surface area contributed by atoms with Crippen LogP contribution in [0.5, 0.6) is 0 Å². The molecule has 8 heteroatoms. The van der Waals surface area contributed by atoms with Gasteiger partial charge in [-0.1, -0.05) is 6.07 Å². The molecular weight excluding hydrogens is 322 g/mol. The molecule has 118 valence electrons. The van der Waals surface area contributed by atoms with Crippen LogP contribution in [0.2, 0.25) is 0 Å². The zero-order valence-corrected chi connectivity index (χ0v) is 12.1. The highest BCUT2D eigenvalue weighted by atomic mass is 32.2. The number of rotatable bonds is 4. The maximum Gasteiger partial charge on any atom is 0.241 e. The molecule has 0 fully saturated rings. The van der Waals surface area contributed by atoms with Crippen LogP contribution < -0.4 is 4.72 Å². The van der Waals surface area contributed by atoms with Gasteiger partial charge in [0.25, 0.3) is 0 Å². The molecule has 0 saturated carbocycles. The van der Waals surface area contributed by atoms with E-state index in [1.54, 1.807) is 0 Å². The molecule has 0 heterocycles. The van der Waals surface area contributed by atoms with Gasteiger partial charge in [-0.05, 0) is 31.2 Å². The van der Waals surface area contributed by atoms with Crippen LogP contribution in [0, 0.1) is 23.3 Å². The van der Waals surface area contributed by atoms with Gasteiger partial charge in [0, 0.05) is 17.7 Å². The van der Waals surface area contributed by atoms with Crippen molar-refractivity contribution in [2.75, 3.05) is 0 Å². The topological polar surface area (TPSA) is 46.2 Å². The lowest BCUT2D eigenvalue weighted by molar-refractivity contribution is 0.503. The normalized spacial score (nSPS) is 13.1. The van der Waals surface area contributed by atoms with Gasteiger partial charge in [-0.3, -0.25) is 0 Å². The predicted octanol–water partition coefficient (Wildman–Crippen LogP) is 3.28. The van der Waals surface area contributed by atoms with Gasteiger partial charge in [-0.25, -0.2) is 30.7 Å². The number of nitrogens with one attached hydrogen (secondary N) is 1. The molecule has 0 unspecified atom stereocenters. The van der Waals surface area contributed by atoms with Crippen molar-refractivity contribution in [1.82, 2.24) is 4.72 Å². The number of hydrogen-bond donors (Lipinski definition) is 1. The second-order valence-electron chi connectivity index (χ2n) is 4.58. The molecular formula is C14H11F4NO2S. The largest absolute Gasteiger partial charge is 0.241 e. The molecule has 0 aromatic heterocycles. The minimum absolute atomic E-state index is 0.0763. The van der Waals surface area contributed by atoms with Crippen molar-refractivity contribution < 1.29 is 26.0 Å².